The van der Waals surface area contributed by atoms with Crippen molar-refractivity contribution >= 4 is 19.8 Å². The first-order chi connectivity index (χ1) is 29.4. The van der Waals surface area contributed by atoms with Crippen LogP contribution in [0.2, 0.25) is 0 Å². The van der Waals surface area contributed by atoms with E-state index in [2.05, 4.69) is 98.9 Å². The van der Waals surface area contributed by atoms with E-state index in [1.54, 1.807) is 12.2 Å². The molecular weight excluding hydrogens is 790 g/mol. The molecule has 3 atom stereocenters. The lowest BCUT2D eigenvalue weighted by Crippen LogP contribution is -2.37. The van der Waals surface area contributed by atoms with Crippen molar-refractivity contribution in [1.82, 2.24) is 0 Å². The molecule has 0 bridgehead atoms. The molecule has 0 fully saturated rings. The zero-order chi connectivity index (χ0) is 45.1. The van der Waals surface area contributed by atoms with Crippen LogP contribution in [0.25, 0.3) is 0 Å². The first kappa shape index (κ1) is 57.4. The van der Waals surface area contributed by atoms with Crippen LogP contribution < -0.4 is 4.89 Å². The highest BCUT2D eigenvalue weighted by Gasteiger charge is 2.21. The van der Waals surface area contributed by atoms with Gasteiger partial charge >= 0.3 is 11.9 Å². The number of allylic oxidation sites excluding steroid dienone is 19. The minimum Gasteiger partial charge on any atom is -0.756 e. The molecule has 0 saturated carbocycles. The summed E-state index contributed by atoms with van der Waals surface area (Å²) >= 11 is 0. The SMILES string of the molecule is CC/C=C\C/C=C\C/C=C\C/C=C\C/C=C\C/C=C\CCC(=O)O[C@H](COC(=O)CCC[C@H](O)/C=C/C=C\C/C=C\C/C=C\CCCCC)COP(=O)([O-])OCC[N+](C)(C)C. The van der Waals surface area contributed by atoms with Gasteiger partial charge in [0.1, 0.15) is 19.8 Å². The Kier molecular flexibility index (Phi) is 38.0. The van der Waals surface area contributed by atoms with Gasteiger partial charge in [-0.1, -0.05) is 148 Å². The number of hydrogen-bond acceptors (Lipinski definition) is 9. The third-order valence-electron chi connectivity index (χ3n) is 8.58. The molecule has 0 aliphatic heterocycles. The topological polar surface area (TPSA) is 131 Å². The molecule has 0 radical (unpaired) electrons. The molecule has 0 heterocycles. The van der Waals surface area contributed by atoms with Crippen molar-refractivity contribution in [3.8, 4) is 0 Å². The summed E-state index contributed by atoms with van der Waals surface area (Å²) in [7, 11) is 0.994. The number of aliphatic hydroxyl groups excluding tert-OH is 1. The molecule has 0 saturated heterocycles. The fourth-order valence-electron chi connectivity index (χ4n) is 5.08. The number of phosphoric acid groups is 1. The molecule has 0 aliphatic rings. The molecule has 10 nitrogen and oxygen atoms in total. The van der Waals surface area contributed by atoms with Crippen molar-refractivity contribution in [3.05, 3.63) is 122 Å². The molecule has 0 aliphatic carbocycles. The minimum atomic E-state index is -4.70. The van der Waals surface area contributed by atoms with E-state index in [1.807, 2.05) is 45.4 Å². The van der Waals surface area contributed by atoms with E-state index in [0.717, 1.165) is 57.8 Å². The molecule has 344 valence electrons. The van der Waals surface area contributed by atoms with Gasteiger partial charge < -0.3 is 33.0 Å². The lowest BCUT2D eigenvalue weighted by molar-refractivity contribution is -0.870. The highest BCUT2D eigenvalue weighted by molar-refractivity contribution is 7.45. The van der Waals surface area contributed by atoms with Crippen molar-refractivity contribution in [2.24, 2.45) is 0 Å². The van der Waals surface area contributed by atoms with E-state index in [4.69, 9.17) is 18.5 Å². The van der Waals surface area contributed by atoms with Crippen LogP contribution in [0.15, 0.2) is 122 Å². The summed E-state index contributed by atoms with van der Waals surface area (Å²) in [6.45, 7) is 3.73. The summed E-state index contributed by atoms with van der Waals surface area (Å²) in [4.78, 5) is 37.6. The molecule has 0 aromatic carbocycles. The van der Waals surface area contributed by atoms with E-state index >= 15 is 0 Å². The van der Waals surface area contributed by atoms with Gasteiger partial charge in [0.25, 0.3) is 7.82 Å². The molecule has 61 heavy (non-hydrogen) atoms. The zero-order valence-electron chi connectivity index (χ0n) is 38.2. The number of phosphoric ester groups is 1. The van der Waals surface area contributed by atoms with Gasteiger partial charge in [0.15, 0.2) is 6.10 Å². The van der Waals surface area contributed by atoms with Gasteiger partial charge in [-0.15, -0.1) is 0 Å². The van der Waals surface area contributed by atoms with Crippen molar-refractivity contribution in [3.63, 3.8) is 0 Å². The maximum absolute atomic E-state index is 12.7. The number of quaternary nitrogens is 1. The average Bonchev–Trinajstić information content (AvgIpc) is 3.21. The van der Waals surface area contributed by atoms with Crippen LogP contribution in [-0.2, 0) is 32.7 Å². The number of carbonyl (C=O) groups excluding carboxylic acids is 2. The largest absolute Gasteiger partial charge is 0.756 e. The number of ether oxygens (including phenoxy) is 2. The third-order valence-corrected chi connectivity index (χ3v) is 9.55. The van der Waals surface area contributed by atoms with Gasteiger partial charge in [-0.05, 0) is 83.5 Å². The third kappa shape index (κ3) is 44.2. The highest BCUT2D eigenvalue weighted by atomic mass is 31.2. The second-order valence-electron chi connectivity index (χ2n) is 15.5. The Morgan fingerprint density at radius 1 is 0.623 bits per heavy atom. The monoisotopic (exact) mass is 870 g/mol. The molecule has 11 heteroatoms. The Labute approximate surface area is 370 Å². The number of hydrogen-bond donors (Lipinski definition) is 1. The fourth-order valence-corrected chi connectivity index (χ4v) is 5.80. The quantitative estimate of drug-likeness (QED) is 0.0161. The Hall–Kier alpha value is -3.63. The van der Waals surface area contributed by atoms with E-state index in [-0.39, 0.29) is 26.1 Å². The predicted molar refractivity (Wildman–Crippen MR) is 250 cm³/mol. The second-order valence-corrected chi connectivity index (χ2v) is 16.9. The lowest BCUT2D eigenvalue weighted by Gasteiger charge is -2.28. The molecule has 0 rings (SSSR count). The van der Waals surface area contributed by atoms with Gasteiger partial charge in [-0.25, -0.2) is 0 Å². The van der Waals surface area contributed by atoms with Crippen LogP contribution in [0.3, 0.4) is 0 Å². The normalized spacial score (nSPS) is 15.2. The van der Waals surface area contributed by atoms with E-state index in [0.29, 0.717) is 30.3 Å². The van der Waals surface area contributed by atoms with Crippen molar-refractivity contribution < 1.29 is 47.2 Å². The summed E-state index contributed by atoms with van der Waals surface area (Å²) in [5, 5.41) is 10.3. The van der Waals surface area contributed by atoms with Crippen molar-refractivity contribution in [2.45, 2.75) is 135 Å². The van der Waals surface area contributed by atoms with Crippen LogP contribution in [0, 0.1) is 0 Å². The molecular formula is C50H80NO9P. The summed E-state index contributed by atoms with van der Waals surface area (Å²) in [5.41, 5.74) is 0. The molecule has 0 aromatic heterocycles. The standard InChI is InChI=1S/C50H80NO9P/c1-6-8-10-12-14-16-18-20-21-22-23-24-25-27-29-31-33-35-37-41-50(54)60-48(46-59-61(55,56)58-44-43-51(3,4)5)45-57-49(53)42-38-40-47(52)39-36-34-32-30-28-26-19-17-15-13-11-9-7-2/h8,10,14-17,20-21,23-24,26-29,32-36,39,47-48,52H,6-7,9,11-13,18-19,22,25,30-31,37-38,40-46H2,1-5H3/b10-8-,16-14-,17-15-,21-20-,24-23-,28-26-,29-27-,34-32-,35-33-,39-36+/t47-,48-/m1/s1. The lowest BCUT2D eigenvalue weighted by atomic mass is 10.1. The Morgan fingerprint density at radius 2 is 1.15 bits per heavy atom. The molecule has 0 aromatic rings. The number of likely N-dealkylation sites (N-methyl/N-ethyl adjacent to an activating group) is 1. The van der Waals surface area contributed by atoms with Gasteiger partial charge in [0.05, 0.1) is 33.9 Å². The van der Waals surface area contributed by atoms with Gasteiger partial charge in [0.2, 0.25) is 0 Å². The van der Waals surface area contributed by atoms with Gasteiger partial charge in [-0.3, -0.25) is 14.2 Å². The molecule has 1 N–H and O–H groups in total. The smallest absolute Gasteiger partial charge is 0.306 e. The summed E-state index contributed by atoms with van der Waals surface area (Å²) in [5.74, 6) is -1.15. The highest BCUT2D eigenvalue weighted by Crippen LogP contribution is 2.38. The van der Waals surface area contributed by atoms with Crippen LogP contribution in [0.5, 0.6) is 0 Å². The molecule has 0 spiro atoms. The molecule has 1 unspecified atom stereocenters. The maximum atomic E-state index is 12.7. The van der Waals surface area contributed by atoms with Crippen LogP contribution in [0.1, 0.15) is 123 Å². The summed E-state index contributed by atoms with van der Waals surface area (Å²) < 4.78 is 33.6. The number of rotatable bonds is 38. The first-order valence-corrected chi connectivity index (χ1v) is 23.8. The predicted octanol–water partition coefficient (Wildman–Crippen LogP) is 11.2. The van der Waals surface area contributed by atoms with E-state index < -0.39 is 38.6 Å². The zero-order valence-corrected chi connectivity index (χ0v) is 39.1. The number of unbranched alkanes of at least 4 members (excludes halogenated alkanes) is 3. The Morgan fingerprint density at radius 3 is 1.69 bits per heavy atom. The molecule has 0 amide bonds. The number of carbonyl (C=O) groups is 2. The number of nitrogens with zero attached hydrogens (tertiary/aromatic N) is 1. The van der Waals surface area contributed by atoms with Crippen LogP contribution in [-0.4, -0.2) is 81.2 Å². The van der Waals surface area contributed by atoms with Crippen molar-refractivity contribution in [1.29, 1.82) is 0 Å². The maximum Gasteiger partial charge on any atom is 0.306 e. The van der Waals surface area contributed by atoms with E-state index in [9.17, 15) is 24.2 Å². The van der Waals surface area contributed by atoms with E-state index in [1.165, 1.54) is 19.3 Å². The van der Waals surface area contributed by atoms with Crippen molar-refractivity contribution in [2.75, 3.05) is 47.5 Å². The average molecular weight is 870 g/mol. The van der Waals surface area contributed by atoms with Gasteiger partial charge in [0, 0.05) is 12.8 Å². The van der Waals surface area contributed by atoms with Crippen LogP contribution in [0.4, 0.5) is 0 Å². The first-order valence-electron chi connectivity index (χ1n) is 22.4. The Balaban J connectivity index is 4.70. The van der Waals surface area contributed by atoms with Crippen LogP contribution >= 0.6 is 7.82 Å². The fraction of sp³-hybridized carbons (Fsp3) is 0.560. The Bertz CT molecular complexity index is 1460. The number of aliphatic hydroxyl groups is 1. The second kappa shape index (κ2) is 40.4. The summed E-state index contributed by atoms with van der Waals surface area (Å²) in [6, 6.07) is 0. The summed E-state index contributed by atoms with van der Waals surface area (Å²) in [6.07, 6.45) is 52.8. The minimum absolute atomic E-state index is 0.0248. The van der Waals surface area contributed by atoms with Gasteiger partial charge in [-0.2, -0.15) is 0 Å². The number of esters is 2.